The zero-order valence-electron chi connectivity index (χ0n) is 16.4. The normalized spacial score (nSPS) is 11.8. The van der Waals surface area contributed by atoms with Gasteiger partial charge >= 0.3 is 0 Å². The maximum atomic E-state index is 13.0. The molecule has 0 saturated carbocycles. The van der Waals surface area contributed by atoms with E-state index in [2.05, 4.69) is 42.9 Å². The topological polar surface area (TPSA) is 67.4 Å². The molecule has 0 bridgehead atoms. The number of nitrogens with zero attached hydrogens (tertiary/aromatic N) is 3. The minimum absolute atomic E-state index is 0.0839. The molecule has 2 heterocycles. The average molecular weight is 567 g/mol. The van der Waals surface area contributed by atoms with Crippen molar-refractivity contribution in [3.63, 3.8) is 0 Å². The van der Waals surface area contributed by atoms with Crippen LogP contribution < -0.4 is 14.8 Å². The summed E-state index contributed by atoms with van der Waals surface area (Å²) in [7, 11) is 0. The Morgan fingerprint density at radius 3 is 2.59 bits per heavy atom. The van der Waals surface area contributed by atoms with E-state index in [0.29, 0.717) is 20.8 Å². The minimum Gasteiger partial charge on any atom is -0.486 e. The van der Waals surface area contributed by atoms with Crippen molar-refractivity contribution in [3.05, 3.63) is 101 Å². The molecule has 0 amide bonds. The second-order valence-corrected chi connectivity index (χ2v) is 9.72. The molecule has 32 heavy (non-hydrogen) atoms. The molecular weight excluding hydrogens is 554 g/mol. The third-order valence-corrected chi connectivity index (χ3v) is 7.12. The van der Waals surface area contributed by atoms with Crippen LogP contribution in [0, 0.1) is 11.3 Å². The van der Waals surface area contributed by atoms with Crippen LogP contribution in [0.2, 0.25) is 0 Å². The van der Waals surface area contributed by atoms with Gasteiger partial charge in [-0.15, -0.1) is 0 Å². The van der Waals surface area contributed by atoms with E-state index in [1.54, 1.807) is 10.5 Å². The summed E-state index contributed by atoms with van der Waals surface area (Å²) in [4.78, 5) is 18.2. The van der Waals surface area contributed by atoms with Crippen LogP contribution in [0.1, 0.15) is 16.7 Å². The van der Waals surface area contributed by atoms with Crippen molar-refractivity contribution in [3.8, 4) is 11.8 Å². The van der Waals surface area contributed by atoms with Gasteiger partial charge in [-0.25, -0.2) is 9.38 Å². The van der Waals surface area contributed by atoms with Crippen molar-refractivity contribution in [2.45, 2.75) is 6.61 Å². The summed E-state index contributed by atoms with van der Waals surface area (Å²) >= 11 is 8.50. The Labute approximate surface area is 203 Å². The number of halogens is 2. The molecule has 8 heteroatoms. The van der Waals surface area contributed by atoms with E-state index in [1.165, 1.54) is 11.3 Å². The number of ether oxygens (including phenoxy) is 1. The number of imidazole rings is 1. The Morgan fingerprint density at radius 1 is 1.09 bits per heavy atom. The Balaban J connectivity index is 1.49. The molecule has 0 saturated heterocycles. The number of thiazole rings is 1. The van der Waals surface area contributed by atoms with Gasteiger partial charge in [-0.3, -0.25) is 4.79 Å². The molecule has 0 fully saturated rings. The smallest absolute Gasteiger partial charge is 0.274 e. The highest BCUT2D eigenvalue weighted by molar-refractivity contribution is 9.11. The molecule has 0 aliphatic rings. The summed E-state index contributed by atoms with van der Waals surface area (Å²) in [6.07, 6.45) is 1.85. The van der Waals surface area contributed by atoms with Crippen molar-refractivity contribution in [2.75, 3.05) is 0 Å². The molecule has 2 aromatic heterocycles. The molecule has 0 aliphatic heterocycles. The standard InChI is InChI=1S/C24H13Br2N3O2S/c25-17-9-14(10-18(26)22(17)31-13-16-6-2-1-5-15(16)12-27)11-21-23(30)29-20-8-4-3-7-19(20)28-24(29)32-21/h1-11H,13H2/b21-11-. The Bertz CT molecular complexity index is 1630. The van der Waals surface area contributed by atoms with Crippen LogP contribution in [0.25, 0.3) is 22.1 Å². The Hall–Kier alpha value is -2.99. The van der Waals surface area contributed by atoms with Crippen LogP contribution in [0.15, 0.2) is 74.4 Å². The number of hydrogen-bond donors (Lipinski definition) is 0. The number of nitriles is 1. The summed E-state index contributed by atoms with van der Waals surface area (Å²) < 4.78 is 9.72. The first-order valence-electron chi connectivity index (χ1n) is 9.57. The van der Waals surface area contributed by atoms with E-state index in [9.17, 15) is 10.1 Å². The van der Waals surface area contributed by atoms with Gasteiger partial charge in [0.05, 0.1) is 36.1 Å². The quantitative estimate of drug-likeness (QED) is 0.291. The van der Waals surface area contributed by atoms with E-state index < -0.39 is 0 Å². The lowest BCUT2D eigenvalue weighted by atomic mass is 10.1. The highest BCUT2D eigenvalue weighted by Gasteiger charge is 2.13. The van der Waals surface area contributed by atoms with Gasteiger partial charge in [0.2, 0.25) is 0 Å². The molecule has 5 aromatic rings. The molecular formula is C24H13Br2N3O2S. The second-order valence-electron chi connectivity index (χ2n) is 7.01. The number of aromatic nitrogens is 2. The van der Waals surface area contributed by atoms with Crippen LogP contribution in [0.3, 0.4) is 0 Å². The zero-order valence-corrected chi connectivity index (χ0v) is 20.4. The third kappa shape index (κ3) is 3.73. The van der Waals surface area contributed by atoms with Crippen LogP contribution in [0.5, 0.6) is 5.75 Å². The highest BCUT2D eigenvalue weighted by Crippen LogP contribution is 2.35. The van der Waals surface area contributed by atoms with Gasteiger partial charge in [-0.2, -0.15) is 5.26 Å². The van der Waals surface area contributed by atoms with Crippen molar-refractivity contribution in [1.82, 2.24) is 9.38 Å². The fourth-order valence-corrected chi connectivity index (χ4v) is 5.91. The summed E-state index contributed by atoms with van der Waals surface area (Å²) in [6.45, 7) is 0.268. The van der Waals surface area contributed by atoms with E-state index in [-0.39, 0.29) is 12.2 Å². The summed E-state index contributed by atoms with van der Waals surface area (Å²) in [6, 6.07) is 20.9. The van der Waals surface area contributed by atoms with E-state index >= 15 is 0 Å². The van der Waals surface area contributed by atoms with E-state index in [4.69, 9.17) is 4.74 Å². The van der Waals surface area contributed by atoms with Crippen LogP contribution in [0.4, 0.5) is 0 Å². The number of rotatable bonds is 4. The lowest BCUT2D eigenvalue weighted by Crippen LogP contribution is -2.22. The zero-order chi connectivity index (χ0) is 22.2. The molecule has 0 aliphatic carbocycles. The first kappa shape index (κ1) is 20.9. The van der Waals surface area contributed by atoms with Gasteiger partial charge in [0.25, 0.3) is 5.56 Å². The van der Waals surface area contributed by atoms with Gasteiger partial charge < -0.3 is 4.74 Å². The fourth-order valence-electron chi connectivity index (χ4n) is 3.47. The Kier molecular flexibility index (Phi) is 5.55. The number of benzene rings is 3. The Morgan fingerprint density at radius 2 is 1.81 bits per heavy atom. The summed E-state index contributed by atoms with van der Waals surface area (Å²) in [5.74, 6) is 0.629. The minimum atomic E-state index is -0.0839. The lowest BCUT2D eigenvalue weighted by Gasteiger charge is -2.12. The first-order valence-corrected chi connectivity index (χ1v) is 12.0. The largest absolute Gasteiger partial charge is 0.486 e. The summed E-state index contributed by atoms with van der Waals surface area (Å²) in [5.41, 5.74) is 3.79. The number of fused-ring (bicyclic) bond motifs is 3. The molecule has 156 valence electrons. The molecule has 0 spiro atoms. The van der Waals surface area contributed by atoms with Crippen LogP contribution in [-0.2, 0) is 6.61 Å². The monoisotopic (exact) mass is 565 g/mol. The molecule has 5 nitrogen and oxygen atoms in total. The van der Waals surface area contributed by atoms with Gasteiger partial charge in [-0.1, -0.05) is 41.7 Å². The molecule has 5 rings (SSSR count). The molecule has 0 atom stereocenters. The fraction of sp³-hybridized carbons (Fsp3) is 0.0417. The molecule has 0 radical (unpaired) electrons. The average Bonchev–Trinajstić information content (AvgIpc) is 3.29. The maximum Gasteiger partial charge on any atom is 0.274 e. The maximum absolute atomic E-state index is 13.0. The molecule has 3 aromatic carbocycles. The van der Waals surface area contributed by atoms with Crippen molar-refractivity contribution < 1.29 is 4.74 Å². The van der Waals surface area contributed by atoms with Gasteiger partial charge in [0.15, 0.2) is 4.96 Å². The molecule has 0 N–H and O–H groups in total. The highest BCUT2D eigenvalue weighted by atomic mass is 79.9. The van der Waals surface area contributed by atoms with E-state index in [1.807, 2.05) is 60.7 Å². The first-order chi connectivity index (χ1) is 15.5. The van der Waals surface area contributed by atoms with Gasteiger partial charge in [0, 0.05) is 5.56 Å². The number of para-hydroxylation sites is 2. The second kappa shape index (κ2) is 8.51. The predicted molar refractivity (Wildman–Crippen MR) is 133 cm³/mol. The third-order valence-electron chi connectivity index (χ3n) is 4.97. The van der Waals surface area contributed by atoms with Gasteiger partial charge in [-0.05, 0) is 73.8 Å². The lowest BCUT2D eigenvalue weighted by molar-refractivity contribution is 0.302. The summed E-state index contributed by atoms with van der Waals surface area (Å²) in [5, 5.41) is 9.26. The predicted octanol–water partition coefficient (Wildman–Crippen LogP) is 5.43. The van der Waals surface area contributed by atoms with Gasteiger partial charge in [0.1, 0.15) is 12.4 Å². The van der Waals surface area contributed by atoms with Crippen LogP contribution in [-0.4, -0.2) is 9.38 Å². The van der Waals surface area contributed by atoms with Crippen molar-refractivity contribution in [1.29, 1.82) is 5.26 Å². The number of hydrogen-bond acceptors (Lipinski definition) is 5. The van der Waals surface area contributed by atoms with Crippen molar-refractivity contribution in [2.24, 2.45) is 0 Å². The van der Waals surface area contributed by atoms with Crippen molar-refractivity contribution >= 4 is 65.3 Å². The van der Waals surface area contributed by atoms with E-state index in [0.717, 1.165) is 31.1 Å². The SMILES string of the molecule is N#Cc1ccccc1COc1c(Br)cc(/C=c2\sc3nc4ccccc4n3c2=O)cc1Br. The molecule has 0 unspecified atom stereocenters. The van der Waals surface area contributed by atoms with Crippen LogP contribution >= 0.6 is 43.2 Å².